The number of rotatable bonds is 4. The van der Waals surface area contributed by atoms with Crippen LogP contribution in [0.4, 0.5) is 0 Å². The third kappa shape index (κ3) is 2.12. The number of hydrogen-bond acceptors (Lipinski definition) is 3. The summed E-state index contributed by atoms with van der Waals surface area (Å²) in [6, 6.07) is 2.49. The number of aromatic nitrogens is 1. The van der Waals surface area contributed by atoms with Crippen LogP contribution in [-0.2, 0) is 0 Å². The maximum absolute atomic E-state index is 5.19. The maximum Gasteiger partial charge on any atom is 0.137 e. The highest BCUT2D eigenvalue weighted by atomic mass is 16.5. The Balaban J connectivity index is 2.18. The Morgan fingerprint density at radius 1 is 1.53 bits per heavy atom. The SMILES string of the molecule is CNC(c1cncc(OC)c1)C1CC1C. The number of nitrogens with zero attached hydrogens (tertiary/aromatic N) is 1. The molecule has 82 valence electrons. The van der Waals surface area contributed by atoms with E-state index in [2.05, 4.69) is 23.3 Å². The molecule has 1 heterocycles. The monoisotopic (exact) mass is 206 g/mol. The number of nitrogens with one attached hydrogen (secondary N) is 1. The van der Waals surface area contributed by atoms with Crippen LogP contribution in [0.2, 0.25) is 0 Å². The van der Waals surface area contributed by atoms with Crippen LogP contribution in [-0.4, -0.2) is 19.1 Å². The van der Waals surface area contributed by atoms with E-state index < -0.39 is 0 Å². The molecule has 1 aliphatic carbocycles. The molecule has 3 heteroatoms. The van der Waals surface area contributed by atoms with Crippen LogP contribution in [0.3, 0.4) is 0 Å². The van der Waals surface area contributed by atoms with Crippen molar-refractivity contribution in [2.45, 2.75) is 19.4 Å². The molecule has 1 aromatic rings. The fourth-order valence-electron chi connectivity index (χ4n) is 2.16. The molecule has 3 unspecified atom stereocenters. The first-order chi connectivity index (χ1) is 7.26. The minimum absolute atomic E-state index is 0.419. The number of pyridine rings is 1. The van der Waals surface area contributed by atoms with Crippen molar-refractivity contribution in [2.75, 3.05) is 14.2 Å². The maximum atomic E-state index is 5.19. The van der Waals surface area contributed by atoms with E-state index in [1.54, 1.807) is 13.3 Å². The number of hydrogen-bond donors (Lipinski definition) is 1. The van der Waals surface area contributed by atoms with Gasteiger partial charge in [-0.2, -0.15) is 0 Å². The predicted molar refractivity (Wildman–Crippen MR) is 59.9 cm³/mol. The lowest BCUT2D eigenvalue weighted by Gasteiger charge is -2.16. The van der Waals surface area contributed by atoms with E-state index in [1.807, 2.05) is 13.2 Å². The Kier molecular flexibility index (Phi) is 2.91. The fraction of sp³-hybridized carbons (Fsp3) is 0.583. The molecule has 0 bridgehead atoms. The lowest BCUT2D eigenvalue weighted by molar-refractivity contribution is 0.409. The molecule has 1 N–H and O–H groups in total. The minimum Gasteiger partial charge on any atom is -0.495 e. The largest absolute Gasteiger partial charge is 0.495 e. The average Bonchev–Trinajstić information content (AvgIpc) is 2.97. The van der Waals surface area contributed by atoms with Gasteiger partial charge in [-0.05, 0) is 36.9 Å². The molecule has 2 rings (SSSR count). The molecule has 0 saturated heterocycles. The molecular formula is C12H18N2O. The molecule has 3 nitrogen and oxygen atoms in total. The molecule has 15 heavy (non-hydrogen) atoms. The van der Waals surface area contributed by atoms with Gasteiger partial charge in [0.25, 0.3) is 0 Å². The Bertz CT molecular complexity index is 340. The molecule has 0 aromatic carbocycles. The first kappa shape index (κ1) is 10.4. The molecule has 0 radical (unpaired) electrons. The van der Waals surface area contributed by atoms with Gasteiger partial charge in [0.1, 0.15) is 5.75 Å². The van der Waals surface area contributed by atoms with Crippen LogP contribution in [0.1, 0.15) is 24.9 Å². The van der Waals surface area contributed by atoms with Gasteiger partial charge in [0, 0.05) is 12.2 Å². The van der Waals surface area contributed by atoms with Crippen molar-refractivity contribution in [3.8, 4) is 5.75 Å². The van der Waals surface area contributed by atoms with Gasteiger partial charge in [0.05, 0.1) is 13.3 Å². The zero-order valence-corrected chi connectivity index (χ0v) is 9.53. The fourth-order valence-corrected chi connectivity index (χ4v) is 2.16. The van der Waals surface area contributed by atoms with Crippen molar-refractivity contribution >= 4 is 0 Å². The second-order valence-electron chi connectivity index (χ2n) is 4.30. The first-order valence-corrected chi connectivity index (χ1v) is 5.42. The summed E-state index contributed by atoms with van der Waals surface area (Å²) < 4.78 is 5.19. The number of methoxy groups -OCH3 is 1. The van der Waals surface area contributed by atoms with Crippen LogP contribution >= 0.6 is 0 Å². The Hall–Kier alpha value is -1.09. The summed E-state index contributed by atoms with van der Waals surface area (Å²) in [6.45, 7) is 2.29. The summed E-state index contributed by atoms with van der Waals surface area (Å²) in [5.74, 6) is 2.42. The second kappa shape index (κ2) is 4.19. The quantitative estimate of drug-likeness (QED) is 0.818. The van der Waals surface area contributed by atoms with Gasteiger partial charge in [-0.15, -0.1) is 0 Å². The molecule has 1 aliphatic rings. The van der Waals surface area contributed by atoms with Gasteiger partial charge >= 0.3 is 0 Å². The predicted octanol–water partition coefficient (Wildman–Crippen LogP) is 2.01. The molecule has 0 spiro atoms. The van der Waals surface area contributed by atoms with E-state index in [-0.39, 0.29) is 0 Å². The highest BCUT2D eigenvalue weighted by Gasteiger charge is 2.39. The lowest BCUT2D eigenvalue weighted by atomic mass is 10.0. The highest BCUT2D eigenvalue weighted by Crippen LogP contribution is 2.46. The summed E-state index contributed by atoms with van der Waals surface area (Å²) in [5, 5.41) is 3.37. The second-order valence-corrected chi connectivity index (χ2v) is 4.30. The molecular weight excluding hydrogens is 188 g/mol. The normalized spacial score (nSPS) is 26.1. The van der Waals surface area contributed by atoms with Crippen molar-refractivity contribution in [1.82, 2.24) is 10.3 Å². The third-order valence-electron chi connectivity index (χ3n) is 3.24. The topological polar surface area (TPSA) is 34.2 Å². The molecule has 1 fully saturated rings. The van der Waals surface area contributed by atoms with Gasteiger partial charge in [-0.1, -0.05) is 6.92 Å². The summed E-state index contributed by atoms with van der Waals surface area (Å²) in [4.78, 5) is 4.19. The van der Waals surface area contributed by atoms with Crippen LogP contribution < -0.4 is 10.1 Å². The zero-order chi connectivity index (χ0) is 10.8. The standard InChI is InChI=1S/C12H18N2O/c1-8-4-11(8)12(13-2)9-5-10(15-3)7-14-6-9/h5-8,11-13H,4H2,1-3H3. The molecule has 0 aliphatic heterocycles. The molecule has 0 amide bonds. The highest BCUT2D eigenvalue weighted by molar-refractivity contribution is 5.27. The van der Waals surface area contributed by atoms with Gasteiger partial charge in [-0.25, -0.2) is 0 Å². The summed E-state index contributed by atoms with van der Waals surface area (Å²) in [5.41, 5.74) is 1.23. The van der Waals surface area contributed by atoms with E-state index in [0.717, 1.165) is 17.6 Å². The Labute approximate surface area is 90.9 Å². The summed E-state index contributed by atoms with van der Waals surface area (Å²) in [6.07, 6.45) is 4.98. The number of ether oxygens (including phenoxy) is 1. The van der Waals surface area contributed by atoms with E-state index in [9.17, 15) is 0 Å². The zero-order valence-electron chi connectivity index (χ0n) is 9.53. The summed E-state index contributed by atoms with van der Waals surface area (Å²) >= 11 is 0. The Morgan fingerprint density at radius 3 is 2.80 bits per heavy atom. The first-order valence-electron chi connectivity index (χ1n) is 5.42. The average molecular weight is 206 g/mol. The van der Waals surface area contributed by atoms with Crippen LogP contribution in [0.5, 0.6) is 5.75 Å². The van der Waals surface area contributed by atoms with Crippen LogP contribution in [0.15, 0.2) is 18.5 Å². The lowest BCUT2D eigenvalue weighted by Crippen LogP contribution is -2.19. The van der Waals surface area contributed by atoms with E-state index >= 15 is 0 Å². The van der Waals surface area contributed by atoms with Gasteiger partial charge in [-0.3, -0.25) is 4.98 Å². The van der Waals surface area contributed by atoms with Gasteiger partial charge < -0.3 is 10.1 Å². The van der Waals surface area contributed by atoms with Crippen molar-refractivity contribution < 1.29 is 4.74 Å². The minimum atomic E-state index is 0.419. The van der Waals surface area contributed by atoms with Crippen LogP contribution in [0.25, 0.3) is 0 Å². The van der Waals surface area contributed by atoms with Crippen molar-refractivity contribution in [2.24, 2.45) is 11.8 Å². The van der Waals surface area contributed by atoms with E-state index in [0.29, 0.717) is 6.04 Å². The smallest absolute Gasteiger partial charge is 0.137 e. The Morgan fingerprint density at radius 2 is 2.27 bits per heavy atom. The molecule has 1 aromatic heterocycles. The molecule has 3 atom stereocenters. The molecule has 1 saturated carbocycles. The third-order valence-corrected chi connectivity index (χ3v) is 3.24. The van der Waals surface area contributed by atoms with Gasteiger partial charge in [0.2, 0.25) is 0 Å². The van der Waals surface area contributed by atoms with Crippen molar-refractivity contribution in [1.29, 1.82) is 0 Å². The summed E-state index contributed by atoms with van der Waals surface area (Å²) in [7, 11) is 3.68. The van der Waals surface area contributed by atoms with Crippen molar-refractivity contribution in [3.05, 3.63) is 24.0 Å². The van der Waals surface area contributed by atoms with Gasteiger partial charge in [0.15, 0.2) is 0 Å². The van der Waals surface area contributed by atoms with Crippen molar-refractivity contribution in [3.63, 3.8) is 0 Å². The van der Waals surface area contributed by atoms with E-state index in [1.165, 1.54) is 12.0 Å². The van der Waals surface area contributed by atoms with E-state index in [4.69, 9.17) is 4.74 Å². The van der Waals surface area contributed by atoms with Crippen LogP contribution in [0, 0.1) is 11.8 Å².